The van der Waals surface area contributed by atoms with E-state index in [4.69, 9.17) is 14.2 Å². The van der Waals surface area contributed by atoms with Crippen molar-refractivity contribution in [3.8, 4) is 17.2 Å². The summed E-state index contributed by atoms with van der Waals surface area (Å²) in [6, 6.07) is 18.2. The first-order chi connectivity index (χ1) is 15.2. The SMILES string of the molecule is CCOc1ccc(C(=O)Nc2cccc(OCc3cn4ccccc4n3)c2)cc1OC. The molecule has 158 valence electrons. The zero-order valence-corrected chi connectivity index (χ0v) is 17.4. The number of aromatic nitrogens is 2. The van der Waals surface area contributed by atoms with Gasteiger partial charge in [0, 0.05) is 29.7 Å². The van der Waals surface area contributed by atoms with E-state index in [1.807, 2.05) is 60.1 Å². The number of pyridine rings is 1. The Hall–Kier alpha value is -4.00. The van der Waals surface area contributed by atoms with E-state index in [2.05, 4.69) is 10.3 Å². The molecular weight excluding hydrogens is 394 g/mol. The summed E-state index contributed by atoms with van der Waals surface area (Å²) in [6.07, 6.45) is 3.87. The fourth-order valence-corrected chi connectivity index (χ4v) is 3.16. The van der Waals surface area contributed by atoms with E-state index >= 15 is 0 Å². The van der Waals surface area contributed by atoms with Gasteiger partial charge < -0.3 is 23.9 Å². The first-order valence-electron chi connectivity index (χ1n) is 9.94. The van der Waals surface area contributed by atoms with Crippen LogP contribution in [0, 0.1) is 0 Å². The van der Waals surface area contributed by atoms with Gasteiger partial charge in [-0.25, -0.2) is 4.98 Å². The molecule has 0 fully saturated rings. The average molecular weight is 417 g/mol. The first kappa shape index (κ1) is 20.3. The van der Waals surface area contributed by atoms with Gasteiger partial charge in [0.2, 0.25) is 0 Å². The average Bonchev–Trinajstić information content (AvgIpc) is 3.21. The molecule has 0 saturated carbocycles. The lowest BCUT2D eigenvalue weighted by Crippen LogP contribution is -2.12. The molecule has 0 saturated heterocycles. The van der Waals surface area contributed by atoms with Gasteiger partial charge in [0.05, 0.1) is 19.4 Å². The number of rotatable bonds is 8. The molecule has 0 radical (unpaired) electrons. The number of nitrogens with one attached hydrogen (secondary N) is 1. The number of hydrogen-bond donors (Lipinski definition) is 1. The standard InChI is InChI=1S/C24H23N3O4/c1-3-30-21-11-10-17(13-22(21)29-2)24(28)26-18-7-6-8-20(14-18)31-16-19-15-27-12-5-4-9-23(27)25-19/h4-15H,3,16H2,1-2H3,(H,26,28). The number of methoxy groups -OCH3 is 1. The second-order valence-corrected chi connectivity index (χ2v) is 6.77. The number of fused-ring (bicyclic) bond motifs is 1. The number of amides is 1. The molecule has 0 atom stereocenters. The molecule has 0 unspecified atom stereocenters. The molecular formula is C24H23N3O4. The molecule has 4 aromatic rings. The number of benzene rings is 2. The highest BCUT2D eigenvalue weighted by Crippen LogP contribution is 2.28. The van der Waals surface area contributed by atoms with Crippen molar-refractivity contribution < 1.29 is 19.0 Å². The van der Waals surface area contributed by atoms with Crippen molar-refractivity contribution in [3.05, 3.63) is 84.3 Å². The van der Waals surface area contributed by atoms with Crippen LogP contribution in [0.25, 0.3) is 5.65 Å². The van der Waals surface area contributed by atoms with Crippen molar-refractivity contribution in [2.24, 2.45) is 0 Å². The van der Waals surface area contributed by atoms with Crippen LogP contribution in [0.15, 0.2) is 73.1 Å². The Bertz CT molecular complexity index is 1170. The Balaban J connectivity index is 1.42. The number of carbonyl (C=O) groups excluding carboxylic acids is 1. The van der Waals surface area contributed by atoms with Crippen molar-refractivity contribution in [2.75, 3.05) is 19.0 Å². The molecule has 0 aliphatic rings. The molecule has 2 heterocycles. The maximum absolute atomic E-state index is 12.7. The monoisotopic (exact) mass is 417 g/mol. The minimum Gasteiger partial charge on any atom is -0.493 e. The predicted octanol–water partition coefficient (Wildman–Crippen LogP) is 4.57. The Morgan fingerprint density at radius 1 is 1.03 bits per heavy atom. The molecule has 0 aliphatic carbocycles. The molecule has 7 heteroatoms. The summed E-state index contributed by atoms with van der Waals surface area (Å²) in [6.45, 7) is 2.74. The van der Waals surface area contributed by atoms with Crippen LogP contribution >= 0.6 is 0 Å². The number of carbonyl (C=O) groups is 1. The maximum atomic E-state index is 12.7. The van der Waals surface area contributed by atoms with Crippen molar-refractivity contribution in [1.29, 1.82) is 0 Å². The van der Waals surface area contributed by atoms with Gasteiger partial charge in [-0.2, -0.15) is 0 Å². The third kappa shape index (κ3) is 4.78. The summed E-state index contributed by atoms with van der Waals surface area (Å²) in [5.74, 6) is 1.50. The van der Waals surface area contributed by atoms with E-state index in [-0.39, 0.29) is 5.91 Å². The van der Waals surface area contributed by atoms with Crippen LogP contribution in [0.1, 0.15) is 23.0 Å². The number of ether oxygens (including phenoxy) is 3. The van der Waals surface area contributed by atoms with Crippen molar-refractivity contribution >= 4 is 17.2 Å². The molecule has 1 amide bonds. The molecule has 2 aromatic carbocycles. The molecule has 2 aromatic heterocycles. The second-order valence-electron chi connectivity index (χ2n) is 6.77. The molecule has 0 aliphatic heterocycles. The normalized spacial score (nSPS) is 10.6. The summed E-state index contributed by atoms with van der Waals surface area (Å²) < 4.78 is 18.6. The van der Waals surface area contributed by atoms with Crippen molar-refractivity contribution in [3.63, 3.8) is 0 Å². The highest BCUT2D eigenvalue weighted by Gasteiger charge is 2.12. The Morgan fingerprint density at radius 2 is 1.94 bits per heavy atom. The highest BCUT2D eigenvalue weighted by atomic mass is 16.5. The number of hydrogen-bond acceptors (Lipinski definition) is 5. The van der Waals surface area contributed by atoms with Gasteiger partial charge in [0.25, 0.3) is 5.91 Å². The fourth-order valence-electron chi connectivity index (χ4n) is 3.16. The molecule has 31 heavy (non-hydrogen) atoms. The third-order valence-corrected chi connectivity index (χ3v) is 4.62. The van der Waals surface area contributed by atoms with Crippen LogP contribution in [0.2, 0.25) is 0 Å². The predicted molar refractivity (Wildman–Crippen MR) is 118 cm³/mol. The van der Waals surface area contributed by atoms with Gasteiger partial charge in [-0.05, 0) is 49.4 Å². The van der Waals surface area contributed by atoms with Gasteiger partial charge in [0.15, 0.2) is 11.5 Å². The second kappa shape index (κ2) is 9.21. The Labute approximate surface area is 180 Å². The largest absolute Gasteiger partial charge is 0.493 e. The van der Waals surface area contributed by atoms with Gasteiger partial charge >= 0.3 is 0 Å². The van der Waals surface area contributed by atoms with Gasteiger partial charge in [-0.1, -0.05) is 12.1 Å². The Morgan fingerprint density at radius 3 is 2.74 bits per heavy atom. The molecule has 7 nitrogen and oxygen atoms in total. The quantitative estimate of drug-likeness (QED) is 0.455. The highest BCUT2D eigenvalue weighted by molar-refractivity contribution is 6.04. The summed E-state index contributed by atoms with van der Waals surface area (Å²) in [4.78, 5) is 17.2. The lowest BCUT2D eigenvalue weighted by molar-refractivity contribution is 0.102. The maximum Gasteiger partial charge on any atom is 0.255 e. The van der Waals surface area contributed by atoms with Crippen molar-refractivity contribution in [2.45, 2.75) is 13.5 Å². The third-order valence-electron chi connectivity index (χ3n) is 4.62. The van der Waals surface area contributed by atoms with E-state index in [0.717, 1.165) is 11.3 Å². The first-order valence-corrected chi connectivity index (χ1v) is 9.94. The molecule has 4 rings (SSSR count). The zero-order valence-electron chi connectivity index (χ0n) is 17.4. The summed E-state index contributed by atoms with van der Waals surface area (Å²) in [5, 5.41) is 2.89. The Kier molecular flexibility index (Phi) is 6.03. The van der Waals surface area contributed by atoms with E-state index in [1.54, 1.807) is 31.4 Å². The van der Waals surface area contributed by atoms with Crippen LogP contribution in [-0.4, -0.2) is 29.0 Å². The molecule has 0 bridgehead atoms. The van der Waals surface area contributed by atoms with E-state index in [0.29, 0.717) is 41.7 Å². The van der Waals surface area contributed by atoms with E-state index < -0.39 is 0 Å². The van der Waals surface area contributed by atoms with Gasteiger partial charge in [0.1, 0.15) is 18.0 Å². The smallest absolute Gasteiger partial charge is 0.255 e. The number of nitrogens with zero attached hydrogens (tertiary/aromatic N) is 2. The lowest BCUT2D eigenvalue weighted by atomic mass is 10.2. The van der Waals surface area contributed by atoms with Crippen LogP contribution in [-0.2, 0) is 6.61 Å². The zero-order chi connectivity index (χ0) is 21.6. The summed E-state index contributed by atoms with van der Waals surface area (Å²) in [5.41, 5.74) is 2.79. The van der Waals surface area contributed by atoms with Crippen LogP contribution in [0.4, 0.5) is 5.69 Å². The number of imidazole rings is 1. The van der Waals surface area contributed by atoms with E-state index in [1.165, 1.54) is 0 Å². The fraction of sp³-hybridized carbons (Fsp3) is 0.167. The van der Waals surface area contributed by atoms with Crippen molar-refractivity contribution in [1.82, 2.24) is 9.38 Å². The summed E-state index contributed by atoms with van der Waals surface area (Å²) >= 11 is 0. The lowest BCUT2D eigenvalue weighted by Gasteiger charge is -2.12. The summed E-state index contributed by atoms with van der Waals surface area (Å²) in [7, 11) is 1.55. The van der Waals surface area contributed by atoms with E-state index in [9.17, 15) is 4.79 Å². The minimum absolute atomic E-state index is 0.251. The van der Waals surface area contributed by atoms with Crippen LogP contribution < -0.4 is 19.5 Å². The van der Waals surface area contributed by atoms with Crippen LogP contribution in [0.3, 0.4) is 0 Å². The number of anilines is 1. The topological polar surface area (TPSA) is 74.1 Å². The molecule has 0 spiro atoms. The minimum atomic E-state index is -0.251. The molecule has 1 N–H and O–H groups in total. The van der Waals surface area contributed by atoms with Gasteiger partial charge in [-0.15, -0.1) is 0 Å². The van der Waals surface area contributed by atoms with Crippen LogP contribution in [0.5, 0.6) is 17.2 Å². The van der Waals surface area contributed by atoms with Gasteiger partial charge in [-0.3, -0.25) is 4.79 Å².